The summed E-state index contributed by atoms with van der Waals surface area (Å²) < 4.78 is 5.19. The van der Waals surface area contributed by atoms with Crippen LogP contribution in [0.2, 0.25) is 0 Å². The predicted molar refractivity (Wildman–Crippen MR) is 77.9 cm³/mol. The normalized spacial score (nSPS) is 17.8. The first-order chi connectivity index (χ1) is 10.0. The van der Waals surface area contributed by atoms with Gasteiger partial charge in [-0.05, 0) is 24.1 Å². The van der Waals surface area contributed by atoms with Gasteiger partial charge in [-0.3, -0.25) is 4.79 Å². The van der Waals surface area contributed by atoms with E-state index < -0.39 is 5.91 Å². The molecule has 1 heterocycles. The number of nitrogens with two attached hydrogens (primary N) is 2. The van der Waals surface area contributed by atoms with Crippen molar-refractivity contribution in [3.05, 3.63) is 29.8 Å². The Bertz CT molecular complexity index is 568. The number of ether oxygens (including phenoxy) is 1. The van der Waals surface area contributed by atoms with Gasteiger partial charge in [0.05, 0.1) is 0 Å². The number of nitrogens with zero attached hydrogens (tertiary/aromatic N) is 2. The maximum Gasteiger partial charge on any atom is 0.346 e. The molecule has 112 valence electrons. The fraction of sp³-hybridized carbons (Fsp3) is 0.357. The Hall–Kier alpha value is -2.57. The average molecular weight is 290 g/mol. The van der Waals surface area contributed by atoms with Crippen molar-refractivity contribution in [3.63, 3.8) is 0 Å². The number of amides is 3. The Morgan fingerprint density at radius 2 is 2.05 bits per heavy atom. The van der Waals surface area contributed by atoms with Gasteiger partial charge in [0, 0.05) is 6.54 Å². The number of rotatable bonds is 6. The second kappa shape index (κ2) is 6.25. The number of hydrogen-bond acceptors (Lipinski definition) is 4. The van der Waals surface area contributed by atoms with E-state index in [0.29, 0.717) is 18.1 Å². The van der Waals surface area contributed by atoms with E-state index in [-0.39, 0.29) is 18.7 Å². The van der Waals surface area contributed by atoms with Crippen LogP contribution in [0.15, 0.2) is 29.3 Å². The summed E-state index contributed by atoms with van der Waals surface area (Å²) in [7, 11) is 0. The molecule has 7 nitrogen and oxygen atoms in total. The molecule has 1 atom stereocenters. The van der Waals surface area contributed by atoms with E-state index in [0.717, 1.165) is 12.0 Å². The summed E-state index contributed by atoms with van der Waals surface area (Å²) in [5.41, 5.74) is 11.7. The molecule has 21 heavy (non-hydrogen) atoms. The van der Waals surface area contributed by atoms with Crippen molar-refractivity contribution >= 4 is 17.8 Å². The zero-order chi connectivity index (χ0) is 15.4. The van der Waals surface area contributed by atoms with Gasteiger partial charge in [-0.1, -0.05) is 19.1 Å². The fourth-order valence-corrected chi connectivity index (χ4v) is 2.22. The van der Waals surface area contributed by atoms with Crippen LogP contribution in [0.4, 0.5) is 4.79 Å². The van der Waals surface area contributed by atoms with Gasteiger partial charge in [0.15, 0.2) is 6.61 Å². The highest BCUT2D eigenvalue weighted by atomic mass is 16.5. The first kappa shape index (κ1) is 14.8. The summed E-state index contributed by atoms with van der Waals surface area (Å²) in [5.74, 6) is 0.282. The van der Waals surface area contributed by atoms with Crippen LogP contribution >= 0.6 is 0 Å². The van der Waals surface area contributed by atoms with Gasteiger partial charge in [-0.25, -0.2) is 4.79 Å². The summed E-state index contributed by atoms with van der Waals surface area (Å²) in [6.45, 7) is 2.40. The van der Waals surface area contributed by atoms with Gasteiger partial charge in [0.2, 0.25) is 0 Å². The Labute approximate surface area is 122 Å². The average Bonchev–Trinajstić information content (AvgIpc) is 2.72. The van der Waals surface area contributed by atoms with Crippen LogP contribution in [0.1, 0.15) is 24.9 Å². The molecule has 7 heteroatoms. The van der Waals surface area contributed by atoms with Crippen molar-refractivity contribution in [2.45, 2.75) is 19.4 Å². The lowest BCUT2D eigenvalue weighted by Gasteiger charge is -2.24. The molecule has 1 aromatic rings. The molecule has 3 amide bonds. The Morgan fingerprint density at radius 1 is 1.38 bits per heavy atom. The SMILES string of the molecule is CCCN1C(=O)N=C(N)C1c1ccc(OCC(N)=O)cc1. The van der Waals surface area contributed by atoms with E-state index in [1.165, 1.54) is 0 Å². The highest BCUT2D eigenvalue weighted by molar-refractivity contribution is 6.03. The lowest BCUT2D eigenvalue weighted by Crippen LogP contribution is -2.33. The predicted octanol–water partition coefficient (Wildman–Crippen LogP) is 0.795. The molecule has 1 aliphatic heterocycles. The minimum absolute atomic E-state index is 0.174. The number of carbonyl (C=O) groups is 2. The molecule has 0 bridgehead atoms. The molecule has 0 aromatic heterocycles. The molecule has 0 spiro atoms. The molecular weight excluding hydrogens is 272 g/mol. The van der Waals surface area contributed by atoms with Crippen molar-refractivity contribution < 1.29 is 14.3 Å². The van der Waals surface area contributed by atoms with Gasteiger partial charge in [0.1, 0.15) is 17.6 Å². The van der Waals surface area contributed by atoms with Crippen LogP contribution in [-0.2, 0) is 4.79 Å². The maximum absolute atomic E-state index is 11.8. The molecule has 1 aromatic carbocycles. The van der Waals surface area contributed by atoms with Crippen molar-refractivity contribution in [3.8, 4) is 5.75 Å². The van der Waals surface area contributed by atoms with Gasteiger partial charge >= 0.3 is 6.03 Å². The summed E-state index contributed by atoms with van der Waals surface area (Å²) in [4.78, 5) is 27.9. The van der Waals surface area contributed by atoms with E-state index in [1.807, 2.05) is 6.92 Å². The number of hydrogen-bond donors (Lipinski definition) is 2. The molecule has 0 saturated carbocycles. The molecule has 2 rings (SSSR count). The topological polar surface area (TPSA) is 111 Å². The standard InChI is InChI=1S/C14H18N4O3/c1-2-7-18-12(13(16)17-14(18)20)9-3-5-10(6-4-9)21-8-11(15)19/h3-6,12H,2,7-8H2,1H3,(H2,15,19)(H2,16,17,20). The molecular formula is C14H18N4O3. The smallest absolute Gasteiger partial charge is 0.346 e. The molecule has 1 aliphatic rings. The lowest BCUT2D eigenvalue weighted by atomic mass is 10.1. The molecule has 0 fully saturated rings. The minimum atomic E-state index is -0.536. The van der Waals surface area contributed by atoms with E-state index in [1.54, 1.807) is 29.2 Å². The Kier molecular flexibility index (Phi) is 4.42. The number of carbonyl (C=O) groups excluding carboxylic acids is 2. The second-order valence-corrected chi connectivity index (χ2v) is 4.74. The van der Waals surface area contributed by atoms with Crippen LogP contribution < -0.4 is 16.2 Å². The molecule has 0 aliphatic carbocycles. The van der Waals surface area contributed by atoms with Crippen LogP contribution in [0.5, 0.6) is 5.75 Å². The molecule has 1 unspecified atom stereocenters. The van der Waals surface area contributed by atoms with Crippen molar-refractivity contribution in [1.82, 2.24) is 4.90 Å². The van der Waals surface area contributed by atoms with Crippen LogP contribution in [0.3, 0.4) is 0 Å². The van der Waals surface area contributed by atoms with Gasteiger partial charge in [-0.15, -0.1) is 0 Å². The van der Waals surface area contributed by atoms with Gasteiger partial charge < -0.3 is 21.1 Å². The highest BCUT2D eigenvalue weighted by Crippen LogP contribution is 2.28. The number of benzene rings is 1. The van der Waals surface area contributed by atoms with Crippen LogP contribution in [-0.4, -0.2) is 35.8 Å². The zero-order valence-electron chi connectivity index (χ0n) is 11.8. The van der Waals surface area contributed by atoms with E-state index >= 15 is 0 Å². The largest absolute Gasteiger partial charge is 0.484 e. The summed E-state index contributed by atoms with van der Waals surface area (Å²) in [6.07, 6.45) is 0.824. The Balaban J connectivity index is 2.15. The van der Waals surface area contributed by atoms with E-state index in [4.69, 9.17) is 16.2 Å². The van der Waals surface area contributed by atoms with E-state index in [2.05, 4.69) is 4.99 Å². The molecule has 0 saturated heterocycles. The lowest BCUT2D eigenvalue weighted by molar-refractivity contribution is -0.119. The van der Waals surface area contributed by atoms with Gasteiger partial charge in [-0.2, -0.15) is 4.99 Å². The van der Waals surface area contributed by atoms with Crippen LogP contribution in [0, 0.1) is 0 Å². The Morgan fingerprint density at radius 3 is 2.62 bits per heavy atom. The number of aliphatic imine (C=N–C) groups is 1. The van der Waals surface area contributed by atoms with E-state index in [9.17, 15) is 9.59 Å². The maximum atomic E-state index is 11.8. The monoisotopic (exact) mass is 290 g/mol. The number of amidine groups is 1. The third-order valence-electron chi connectivity index (χ3n) is 3.10. The second-order valence-electron chi connectivity index (χ2n) is 4.74. The zero-order valence-corrected chi connectivity index (χ0v) is 11.8. The molecule has 4 N–H and O–H groups in total. The third-order valence-corrected chi connectivity index (χ3v) is 3.10. The van der Waals surface area contributed by atoms with Crippen molar-refractivity contribution in [1.29, 1.82) is 0 Å². The van der Waals surface area contributed by atoms with Crippen molar-refractivity contribution in [2.24, 2.45) is 16.5 Å². The highest BCUT2D eigenvalue weighted by Gasteiger charge is 2.33. The first-order valence-corrected chi connectivity index (χ1v) is 6.68. The first-order valence-electron chi connectivity index (χ1n) is 6.68. The number of primary amides is 1. The summed E-state index contributed by atoms with van der Waals surface area (Å²) in [5, 5.41) is 0. The van der Waals surface area contributed by atoms with Gasteiger partial charge in [0.25, 0.3) is 5.91 Å². The fourth-order valence-electron chi connectivity index (χ4n) is 2.22. The summed E-state index contributed by atoms with van der Waals surface area (Å²) in [6, 6.07) is 6.35. The third kappa shape index (κ3) is 3.31. The molecule has 0 radical (unpaired) electrons. The summed E-state index contributed by atoms with van der Waals surface area (Å²) >= 11 is 0. The quantitative estimate of drug-likeness (QED) is 0.806. The van der Waals surface area contributed by atoms with Crippen LogP contribution in [0.25, 0.3) is 0 Å². The minimum Gasteiger partial charge on any atom is -0.484 e. The number of urea groups is 1. The van der Waals surface area contributed by atoms with Crippen molar-refractivity contribution in [2.75, 3.05) is 13.2 Å².